The summed E-state index contributed by atoms with van der Waals surface area (Å²) in [4.78, 5) is 19.9. The van der Waals surface area contributed by atoms with Gasteiger partial charge in [0.05, 0.1) is 42.4 Å². The van der Waals surface area contributed by atoms with Gasteiger partial charge in [0.2, 0.25) is 0 Å². The van der Waals surface area contributed by atoms with Crippen LogP contribution < -0.4 is 5.32 Å². The number of aryl methyl sites for hydroxylation is 1. The molecule has 7 nitrogen and oxygen atoms in total. The van der Waals surface area contributed by atoms with Crippen molar-refractivity contribution in [2.45, 2.75) is 83.5 Å². The first-order valence-corrected chi connectivity index (χ1v) is 15.9. The Morgan fingerprint density at radius 3 is 2.83 bits per heavy atom. The van der Waals surface area contributed by atoms with Crippen LogP contribution in [0.1, 0.15) is 84.5 Å². The standard InChI is InChI=1S/C35H47N3O4/c1-24-7-10-27(11-8-24)32-6-4-5-29(42-32)20-37-31-22-36-21-30(25(31)2)34(39)38-16-13-26(14-17-38)9-12-28-19-35(28)15-18-41-23-33(35)40-3/h7-8,10-11,13,21-22,28-29,32-33,37H,4-6,9,12,14-20,23H2,1-3H3/t28-,29+,32-,33+,35?/m0/s1. The molecule has 1 saturated carbocycles. The normalized spacial score (nSPS) is 29.3. The molecule has 0 radical (unpaired) electrons. The highest BCUT2D eigenvalue weighted by Gasteiger charge is 2.59. The van der Waals surface area contributed by atoms with Crippen molar-refractivity contribution in [3.63, 3.8) is 0 Å². The second kappa shape index (κ2) is 12.9. The van der Waals surface area contributed by atoms with Crippen molar-refractivity contribution in [2.24, 2.45) is 11.3 Å². The predicted molar refractivity (Wildman–Crippen MR) is 165 cm³/mol. The maximum absolute atomic E-state index is 13.5. The number of nitrogens with one attached hydrogen (secondary N) is 1. The quantitative estimate of drug-likeness (QED) is 0.349. The first-order chi connectivity index (χ1) is 20.5. The number of carbonyl (C=O) groups excluding carboxylic acids is 1. The summed E-state index contributed by atoms with van der Waals surface area (Å²) in [6, 6.07) is 8.68. The summed E-state index contributed by atoms with van der Waals surface area (Å²) < 4.78 is 17.9. The SMILES string of the molecule is CO[C@@H]1COCCC12C[C@@H]2CCC1=CCN(C(=O)c2cncc(NC[C@H]3CCC[C@@H](c4ccc(C)cc4)O3)c2C)CC1. The molecule has 6 rings (SSSR count). The molecule has 4 heterocycles. The van der Waals surface area contributed by atoms with Crippen molar-refractivity contribution in [3.8, 4) is 0 Å². The molecular weight excluding hydrogens is 526 g/mol. The molecule has 226 valence electrons. The zero-order chi connectivity index (χ0) is 29.1. The minimum absolute atomic E-state index is 0.0681. The number of hydrogen-bond acceptors (Lipinski definition) is 6. The molecule has 2 aromatic rings. The molecule has 3 aliphatic heterocycles. The predicted octanol–water partition coefficient (Wildman–Crippen LogP) is 6.41. The lowest BCUT2D eigenvalue weighted by Crippen LogP contribution is -2.37. The van der Waals surface area contributed by atoms with Crippen molar-refractivity contribution in [1.29, 1.82) is 0 Å². The summed E-state index contributed by atoms with van der Waals surface area (Å²) >= 11 is 0. The number of ether oxygens (including phenoxy) is 3. The smallest absolute Gasteiger partial charge is 0.256 e. The van der Waals surface area contributed by atoms with Crippen LogP contribution in [0.15, 0.2) is 48.3 Å². The molecule has 1 N–H and O–H groups in total. The largest absolute Gasteiger partial charge is 0.381 e. The first-order valence-electron chi connectivity index (χ1n) is 15.9. The van der Waals surface area contributed by atoms with E-state index in [9.17, 15) is 4.79 Å². The summed E-state index contributed by atoms with van der Waals surface area (Å²) in [5.41, 5.74) is 6.91. The van der Waals surface area contributed by atoms with Crippen LogP contribution in [0, 0.1) is 25.2 Å². The number of pyridine rings is 1. The van der Waals surface area contributed by atoms with Crippen LogP contribution in [0.2, 0.25) is 0 Å². The molecule has 1 aliphatic carbocycles. The highest BCUT2D eigenvalue weighted by atomic mass is 16.5. The van der Waals surface area contributed by atoms with Crippen LogP contribution in [-0.4, -0.2) is 68.0 Å². The fourth-order valence-electron chi connectivity index (χ4n) is 7.44. The van der Waals surface area contributed by atoms with Crippen molar-refractivity contribution in [3.05, 3.63) is 70.6 Å². The van der Waals surface area contributed by atoms with Gasteiger partial charge in [-0.2, -0.15) is 0 Å². The maximum Gasteiger partial charge on any atom is 0.256 e. The Balaban J connectivity index is 0.999. The second-order valence-electron chi connectivity index (χ2n) is 12.9. The van der Waals surface area contributed by atoms with Gasteiger partial charge in [-0.3, -0.25) is 9.78 Å². The van der Waals surface area contributed by atoms with Gasteiger partial charge in [-0.05, 0) is 82.3 Å². The maximum atomic E-state index is 13.5. The topological polar surface area (TPSA) is 72.9 Å². The summed E-state index contributed by atoms with van der Waals surface area (Å²) in [7, 11) is 1.82. The molecule has 4 aliphatic rings. The van der Waals surface area contributed by atoms with Crippen LogP contribution >= 0.6 is 0 Å². The molecule has 3 fully saturated rings. The van der Waals surface area contributed by atoms with Crippen LogP contribution in [0.3, 0.4) is 0 Å². The van der Waals surface area contributed by atoms with Crippen molar-refractivity contribution < 1.29 is 19.0 Å². The van der Waals surface area contributed by atoms with Gasteiger partial charge in [0.1, 0.15) is 0 Å². The molecule has 2 saturated heterocycles. The minimum Gasteiger partial charge on any atom is -0.381 e. The third-order valence-corrected chi connectivity index (χ3v) is 10.4. The lowest BCUT2D eigenvalue weighted by atomic mass is 9.88. The average Bonchev–Trinajstić information content (AvgIpc) is 3.72. The zero-order valence-electron chi connectivity index (χ0n) is 25.6. The Morgan fingerprint density at radius 2 is 2.05 bits per heavy atom. The average molecular weight is 574 g/mol. The number of nitrogens with zero attached hydrogens (tertiary/aromatic N) is 2. The van der Waals surface area contributed by atoms with Crippen molar-refractivity contribution in [2.75, 3.05) is 45.3 Å². The molecule has 7 heteroatoms. The van der Waals surface area contributed by atoms with Crippen molar-refractivity contribution in [1.82, 2.24) is 9.88 Å². The number of amides is 1. The van der Waals surface area contributed by atoms with E-state index in [1.54, 1.807) is 6.20 Å². The molecular formula is C35H47N3O4. The van der Waals surface area contributed by atoms with E-state index < -0.39 is 0 Å². The van der Waals surface area contributed by atoms with Crippen LogP contribution in [0.25, 0.3) is 0 Å². The summed E-state index contributed by atoms with van der Waals surface area (Å²) in [6.45, 7) is 7.88. The molecule has 1 aromatic carbocycles. The highest BCUT2D eigenvalue weighted by Crippen LogP contribution is 2.62. The van der Waals surface area contributed by atoms with E-state index in [2.05, 4.69) is 47.6 Å². The van der Waals surface area contributed by atoms with Gasteiger partial charge >= 0.3 is 0 Å². The third kappa shape index (κ3) is 6.29. The monoisotopic (exact) mass is 573 g/mol. The number of carbonyl (C=O) groups is 1. The van der Waals surface area contributed by atoms with Gasteiger partial charge < -0.3 is 24.4 Å². The van der Waals surface area contributed by atoms with Gasteiger partial charge in [0, 0.05) is 45.0 Å². The molecule has 1 unspecified atom stereocenters. The summed E-state index contributed by atoms with van der Waals surface area (Å²) in [5, 5.41) is 3.55. The van der Waals surface area contributed by atoms with E-state index in [0.29, 0.717) is 24.1 Å². The fourth-order valence-corrected chi connectivity index (χ4v) is 7.44. The Hall–Kier alpha value is -2.74. The van der Waals surface area contributed by atoms with Gasteiger partial charge in [-0.25, -0.2) is 0 Å². The number of aromatic nitrogens is 1. The summed E-state index contributed by atoms with van der Waals surface area (Å²) in [6.07, 6.45) is 15.3. The first kappa shape index (κ1) is 29.3. The Labute approximate surface area is 251 Å². The van der Waals surface area contributed by atoms with Gasteiger partial charge in [-0.15, -0.1) is 0 Å². The molecule has 42 heavy (non-hydrogen) atoms. The third-order valence-electron chi connectivity index (χ3n) is 10.4. The van der Waals surface area contributed by atoms with Crippen molar-refractivity contribution >= 4 is 11.6 Å². The lowest BCUT2D eigenvalue weighted by molar-refractivity contribution is -0.0816. The van der Waals surface area contributed by atoms with E-state index in [4.69, 9.17) is 14.2 Å². The number of rotatable bonds is 9. The number of hydrogen-bond donors (Lipinski definition) is 1. The van der Waals surface area contributed by atoms with E-state index in [0.717, 1.165) is 75.5 Å². The van der Waals surface area contributed by atoms with Crippen LogP contribution in [0.4, 0.5) is 5.69 Å². The number of benzene rings is 1. The highest BCUT2D eigenvalue weighted by molar-refractivity contribution is 5.96. The van der Waals surface area contributed by atoms with E-state index in [-0.39, 0.29) is 24.2 Å². The summed E-state index contributed by atoms with van der Waals surface area (Å²) in [5.74, 6) is 0.807. The molecule has 1 amide bonds. The Morgan fingerprint density at radius 1 is 1.19 bits per heavy atom. The van der Waals surface area contributed by atoms with Gasteiger partial charge in [0.15, 0.2) is 0 Å². The number of methoxy groups -OCH3 is 1. The Bertz CT molecular complexity index is 1280. The van der Waals surface area contributed by atoms with Gasteiger partial charge in [0.25, 0.3) is 5.91 Å². The lowest BCUT2D eigenvalue weighted by Gasteiger charge is -2.32. The van der Waals surface area contributed by atoms with E-state index in [1.807, 2.05) is 25.1 Å². The molecule has 0 bridgehead atoms. The van der Waals surface area contributed by atoms with E-state index >= 15 is 0 Å². The molecule has 1 spiro atoms. The Kier molecular flexibility index (Phi) is 8.98. The number of anilines is 1. The van der Waals surface area contributed by atoms with E-state index in [1.165, 1.54) is 29.5 Å². The van der Waals surface area contributed by atoms with Crippen LogP contribution in [0.5, 0.6) is 0 Å². The minimum atomic E-state index is 0.0681. The zero-order valence-corrected chi connectivity index (χ0v) is 25.6. The molecule has 5 atom stereocenters. The second-order valence-corrected chi connectivity index (χ2v) is 12.9. The fraction of sp³-hybridized carbons (Fsp3) is 0.600. The molecule has 1 aromatic heterocycles. The van der Waals surface area contributed by atoms with Crippen LogP contribution in [-0.2, 0) is 14.2 Å². The van der Waals surface area contributed by atoms with Gasteiger partial charge in [-0.1, -0.05) is 41.5 Å².